The van der Waals surface area contributed by atoms with Gasteiger partial charge in [0.25, 0.3) is 5.69 Å². The van der Waals surface area contributed by atoms with Crippen LogP contribution in [0.1, 0.15) is 38.5 Å². The number of fused-ring (bicyclic) bond motifs is 1. The van der Waals surface area contributed by atoms with Crippen molar-refractivity contribution >= 4 is 22.5 Å². The van der Waals surface area contributed by atoms with Crippen LogP contribution in [0.25, 0.3) is 10.9 Å². The number of rotatable bonds is 4. The number of amides is 1. The molecular formula is C20H27N5O3. The molecule has 0 unspecified atom stereocenters. The van der Waals surface area contributed by atoms with Gasteiger partial charge in [-0.3, -0.25) is 24.5 Å². The van der Waals surface area contributed by atoms with Crippen LogP contribution in [-0.4, -0.2) is 56.6 Å². The fourth-order valence-electron chi connectivity index (χ4n) is 4.36. The predicted octanol–water partition coefficient (Wildman–Crippen LogP) is 3.02. The van der Waals surface area contributed by atoms with Crippen LogP contribution in [0.3, 0.4) is 0 Å². The van der Waals surface area contributed by atoms with Crippen LogP contribution in [0, 0.1) is 16.0 Å². The number of carbonyl (C=O) groups excluding carboxylic acids is 1. The standard InChI is InChI=1S/C20H27N5O3/c26-20(23-9-3-1-2-4-10-23)16-7-11-22(12-8-16)15-24-19-6-5-18(25(27)28)13-17(19)14-21-24/h5-6,13-14,16H,1-4,7-12,15H2. The van der Waals surface area contributed by atoms with E-state index >= 15 is 0 Å². The van der Waals surface area contributed by atoms with Gasteiger partial charge in [-0.1, -0.05) is 12.8 Å². The highest BCUT2D eigenvalue weighted by molar-refractivity contribution is 5.81. The minimum atomic E-state index is -0.386. The molecule has 0 radical (unpaired) electrons. The van der Waals surface area contributed by atoms with E-state index in [2.05, 4.69) is 14.9 Å². The lowest BCUT2D eigenvalue weighted by atomic mass is 9.95. The molecule has 28 heavy (non-hydrogen) atoms. The number of aromatic nitrogens is 2. The molecule has 2 aliphatic heterocycles. The first-order valence-corrected chi connectivity index (χ1v) is 10.2. The second-order valence-electron chi connectivity index (χ2n) is 7.92. The summed E-state index contributed by atoms with van der Waals surface area (Å²) < 4.78 is 1.88. The summed E-state index contributed by atoms with van der Waals surface area (Å²) in [4.78, 5) is 27.8. The molecule has 0 spiro atoms. The van der Waals surface area contributed by atoms with Crippen LogP contribution < -0.4 is 0 Å². The number of nitrogens with zero attached hydrogens (tertiary/aromatic N) is 5. The zero-order chi connectivity index (χ0) is 19.5. The van der Waals surface area contributed by atoms with Crippen LogP contribution in [0.5, 0.6) is 0 Å². The van der Waals surface area contributed by atoms with Gasteiger partial charge in [-0.2, -0.15) is 5.10 Å². The van der Waals surface area contributed by atoms with Crippen molar-refractivity contribution in [1.82, 2.24) is 19.6 Å². The van der Waals surface area contributed by atoms with Gasteiger partial charge in [0, 0.05) is 49.6 Å². The van der Waals surface area contributed by atoms with E-state index in [4.69, 9.17) is 0 Å². The molecule has 2 fully saturated rings. The smallest absolute Gasteiger partial charge is 0.270 e. The number of nitro groups is 1. The van der Waals surface area contributed by atoms with Gasteiger partial charge in [0.1, 0.15) is 0 Å². The molecular weight excluding hydrogens is 358 g/mol. The van der Waals surface area contributed by atoms with E-state index in [9.17, 15) is 14.9 Å². The second-order valence-corrected chi connectivity index (χ2v) is 7.92. The zero-order valence-corrected chi connectivity index (χ0v) is 16.1. The Bertz CT molecular complexity index is 849. The molecule has 4 rings (SSSR count). The summed E-state index contributed by atoms with van der Waals surface area (Å²) in [7, 11) is 0. The summed E-state index contributed by atoms with van der Waals surface area (Å²) in [6.45, 7) is 4.23. The Balaban J connectivity index is 1.35. The molecule has 1 aromatic carbocycles. The topological polar surface area (TPSA) is 84.5 Å². The molecule has 0 bridgehead atoms. The number of likely N-dealkylation sites (tertiary alicyclic amines) is 2. The van der Waals surface area contributed by atoms with Crippen molar-refractivity contribution < 1.29 is 9.72 Å². The number of benzene rings is 1. The first-order valence-electron chi connectivity index (χ1n) is 10.2. The minimum absolute atomic E-state index is 0.0832. The summed E-state index contributed by atoms with van der Waals surface area (Å²) in [5.74, 6) is 0.491. The van der Waals surface area contributed by atoms with Crippen molar-refractivity contribution in [3.63, 3.8) is 0 Å². The van der Waals surface area contributed by atoms with Crippen LogP contribution in [0.4, 0.5) is 5.69 Å². The van der Waals surface area contributed by atoms with Crippen molar-refractivity contribution in [3.8, 4) is 0 Å². The summed E-state index contributed by atoms with van der Waals surface area (Å²) >= 11 is 0. The zero-order valence-electron chi connectivity index (χ0n) is 16.1. The normalized spacial score (nSPS) is 19.6. The van der Waals surface area contributed by atoms with Crippen molar-refractivity contribution in [2.75, 3.05) is 26.2 Å². The number of nitro benzene ring substituents is 1. The van der Waals surface area contributed by atoms with E-state index in [1.165, 1.54) is 18.9 Å². The Morgan fingerprint density at radius 3 is 2.50 bits per heavy atom. The van der Waals surface area contributed by atoms with E-state index in [0.717, 1.165) is 62.8 Å². The Hall–Kier alpha value is -2.48. The van der Waals surface area contributed by atoms with Crippen LogP contribution in [-0.2, 0) is 11.5 Å². The van der Waals surface area contributed by atoms with Crippen molar-refractivity contribution in [1.29, 1.82) is 0 Å². The molecule has 0 N–H and O–H groups in total. The number of non-ortho nitro benzene ring substituents is 1. The van der Waals surface area contributed by atoms with E-state index in [1.54, 1.807) is 18.3 Å². The molecule has 8 nitrogen and oxygen atoms in total. The van der Waals surface area contributed by atoms with Crippen LogP contribution in [0.2, 0.25) is 0 Å². The first-order chi connectivity index (χ1) is 13.6. The maximum absolute atomic E-state index is 12.8. The highest BCUT2D eigenvalue weighted by Crippen LogP contribution is 2.24. The molecule has 0 saturated carbocycles. The SMILES string of the molecule is O=C(C1CCN(Cn2ncc3cc([N+](=O)[O-])ccc32)CC1)N1CCCCCC1. The molecule has 2 aliphatic rings. The first kappa shape index (κ1) is 18.9. The van der Waals surface area contributed by atoms with E-state index in [1.807, 2.05) is 4.68 Å². The molecule has 8 heteroatoms. The van der Waals surface area contributed by atoms with Gasteiger partial charge in [-0.05, 0) is 31.7 Å². The Labute approximate surface area is 164 Å². The van der Waals surface area contributed by atoms with E-state index < -0.39 is 0 Å². The van der Waals surface area contributed by atoms with Crippen molar-refractivity contribution in [3.05, 3.63) is 34.5 Å². The Morgan fingerprint density at radius 2 is 1.82 bits per heavy atom. The van der Waals surface area contributed by atoms with Gasteiger partial charge in [0.2, 0.25) is 5.91 Å². The van der Waals surface area contributed by atoms with Gasteiger partial charge >= 0.3 is 0 Å². The van der Waals surface area contributed by atoms with Crippen LogP contribution in [0.15, 0.2) is 24.4 Å². The highest BCUT2D eigenvalue weighted by Gasteiger charge is 2.29. The van der Waals surface area contributed by atoms with Gasteiger partial charge < -0.3 is 4.90 Å². The fourth-order valence-corrected chi connectivity index (χ4v) is 4.36. The summed E-state index contributed by atoms with van der Waals surface area (Å²) in [5, 5.41) is 16.1. The van der Waals surface area contributed by atoms with Crippen molar-refractivity contribution in [2.24, 2.45) is 5.92 Å². The lowest BCUT2D eigenvalue weighted by Crippen LogP contribution is -2.43. The lowest BCUT2D eigenvalue weighted by Gasteiger charge is -2.34. The largest absolute Gasteiger partial charge is 0.342 e. The quantitative estimate of drug-likeness (QED) is 0.597. The van der Waals surface area contributed by atoms with E-state index in [-0.39, 0.29) is 16.5 Å². The average molecular weight is 385 g/mol. The third-order valence-corrected chi connectivity index (χ3v) is 6.02. The summed E-state index contributed by atoms with van der Waals surface area (Å²) in [6, 6.07) is 4.84. The third kappa shape index (κ3) is 4.01. The maximum Gasteiger partial charge on any atom is 0.270 e. The number of carbonyl (C=O) groups is 1. The molecule has 0 aliphatic carbocycles. The Kier molecular flexibility index (Phi) is 5.57. The number of hydrogen-bond donors (Lipinski definition) is 0. The van der Waals surface area contributed by atoms with Gasteiger partial charge in [-0.25, -0.2) is 0 Å². The lowest BCUT2D eigenvalue weighted by molar-refractivity contribution is -0.384. The predicted molar refractivity (Wildman–Crippen MR) is 106 cm³/mol. The summed E-state index contributed by atoms with van der Waals surface area (Å²) in [5.41, 5.74) is 0.980. The second kappa shape index (κ2) is 8.26. The maximum atomic E-state index is 12.8. The van der Waals surface area contributed by atoms with Gasteiger partial charge in [0.15, 0.2) is 0 Å². The highest BCUT2D eigenvalue weighted by atomic mass is 16.6. The molecule has 0 atom stereocenters. The molecule has 1 aromatic heterocycles. The van der Waals surface area contributed by atoms with Gasteiger partial charge in [0.05, 0.1) is 23.3 Å². The third-order valence-electron chi connectivity index (χ3n) is 6.02. The average Bonchev–Trinajstić information content (AvgIpc) is 2.91. The van der Waals surface area contributed by atoms with Crippen LogP contribution >= 0.6 is 0 Å². The van der Waals surface area contributed by atoms with Crippen molar-refractivity contribution in [2.45, 2.75) is 45.2 Å². The monoisotopic (exact) mass is 385 g/mol. The number of piperidine rings is 1. The molecule has 150 valence electrons. The Morgan fingerprint density at radius 1 is 1.11 bits per heavy atom. The molecule has 2 aromatic rings. The van der Waals surface area contributed by atoms with Gasteiger partial charge in [-0.15, -0.1) is 0 Å². The molecule has 1 amide bonds. The number of hydrogen-bond acceptors (Lipinski definition) is 5. The van der Waals surface area contributed by atoms with E-state index in [0.29, 0.717) is 12.6 Å². The molecule has 2 saturated heterocycles. The summed E-state index contributed by atoms with van der Waals surface area (Å²) in [6.07, 6.45) is 8.20. The molecule has 3 heterocycles. The fraction of sp³-hybridized carbons (Fsp3) is 0.600. The minimum Gasteiger partial charge on any atom is -0.342 e.